The minimum atomic E-state index is -4.40. The van der Waals surface area contributed by atoms with Gasteiger partial charge in [0.05, 0.1) is 34.5 Å². The molecule has 0 saturated carbocycles. The van der Waals surface area contributed by atoms with E-state index >= 15 is 0 Å². The number of nitrogens with zero attached hydrogens (tertiary/aromatic N) is 1. The number of amides is 2. The number of rotatable bonds is 6. The van der Waals surface area contributed by atoms with Crippen molar-refractivity contribution in [3.8, 4) is 0 Å². The first kappa shape index (κ1) is 24.6. The summed E-state index contributed by atoms with van der Waals surface area (Å²) in [5.41, 5.74) is 5.60. The van der Waals surface area contributed by atoms with Crippen LogP contribution in [0.3, 0.4) is 0 Å². The van der Waals surface area contributed by atoms with Crippen molar-refractivity contribution in [2.75, 3.05) is 17.2 Å². The standard InChI is InChI=1S/C21H21F4N3O4S/c22-15-10-18-17(9-14(15)19(29)27-8-4-7-21(23,24)25)28(11-13-5-2-1-3-6-13)20(30)16(26)12-33(18,31)32/h1-3,5-6,9-10,16H,4,7-8,11-12,26H2,(H,27,29)/t16-/m0/s1. The highest BCUT2D eigenvalue weighted by molar-refractivity contribution is 7.91. The number of hydrogen-bond acceptors (Lipinski definition) is 5. The van der Waals surface area contributed by atoms with Crippen LogP contribution in [0.4, 0.5) is 23.2 Å². The third-order valence-electron chi connectivity index (χ3n) is 5.01. The molecule has 1 atom stereocenters. The van der Waals surface area contributed by atoms with E-state index in [0.717, 1.165) is 11.0 Å². The van der Waals surface area contributed by atoms with E-state index in [1.165, 1.54) is 0 Å². The summed E-state index contributed by atoms with van der Waals surface area (Å²) < 4.78 is 77.1. The van der Waals surface area contributed by atoms with Crippen LogP contribution in [0, 0.1) is 5.82 Å². The summed E-state index contributed by atoms with van der Waals surface area (Å²) in [5.74, 6) is -3.69. The molecule has 2 amide bonds. The molecule has 1 heterocycles. The van der Waals surface area contributed by atoms with Crippen LogP contribution in [0.2, 0.25) is 0 Å². The molecule has 12 heteroatoms. The van der Waals surface area contributed by atoms with E-state index in [4.69, 9.17) is 5.73 Å². The number of carbonyl (C=O) groups is 2. The molecule has 0 saturated heterocycles. The van der Waals surface area contributed by atoms with Gasteiger partial charge in [0.2, 0.25) is 5.91 Å². The Morgan fingerprint density at radius 3 is 2.48 bits per heavy atom. The van der Waals surface area contributed by atoms with E-state index in [9.17, 15) is 35.6 Å². The number of nitrogens with two attached hydrogens (primary N) is 1. The Labute approximate surface area is 187 Å². The van der Waals surface area contributed by atoms with Gasteiger partial charge in [-0.25, -0.2) is 12.8 Å². The molecule has 3 rings (SSSR count). The van der Waals surface area contributed by atoms with Crippen LogP contribution in [0.25, 0.3) is 0 Å². The minimum absolute atomic E-state index is 0.0891. The molecule has 0 radical (unpaired) electrons. The summed E-state index contributed by atoms with van der Waals surface area (Å²) in [4.78, 5) is 25.9. The number of alkyl halides is 3. The molecule has 178 valence electrons. The zero-order chi connectivity index (χ0) is 24.4. The van der Waals surface area contributed by atoms with Gasteiger partial charge in [-0.2, -0.15) is 13.2 Å². The number of nitrogens with one attached hydrogen (secondary N) is 1. The van der Waals surface area contributed by atoms with Gasteiger partial charge >= 0.3 is 6.18 Å². The Bertz CT molecular complexity index is 1150. The Kier molecular flexibility index (Phi) is 7.08. The number of anilines is 1. The lowest BCUT2D eigenvalue weighted by Crippen LogP contribution is -2.45. The third kappa shape index (κ3) is 5.88. The first-order valence-electron chi connectivity index (χ1n) is 9.91. The second kappa shape index (κ2) is 9.48. The van der Waals surface area contributed by atoms with E-state index in [1.807, 2.05) is 0 Å². The van der Waals surface area contributed by atoms with Crippen molar-refractivity contribution < 1.29 is 35.6 Å². The maximum Gasteiger partial charge on any atom is 0.389 e. The second-order valence-corrected chi connectivity index (χ2v) is 9.57. The molecular formula is C21H21F4N3O4S. The van der Waals surface area contributed by atoms with Crippen LogP contribution >= 0.6 is 0 Å². The molecule has 1 aliphatic heterocycles. The summed E-state index contributed by atoms with van der Waals surface area (Å²) in [5, 5.41) is 2.18. The highest BCUT2D eigenvalue weighted by Gasteiger charge is 2.37. The van der Waals surface area contributed by atoms with Gasteiger partial charge in [0, 0.05) is 13.0 Å². The van der Waals surface area contributed by atoms with Gasteiger partial charge in [-0.1, -0.05) is 30.3 Å². The van der Waals surface area contributed by atoms with Gasteiger partial charge in [-0.3, -0.25) is 9.59 Å². The van der Waals surface area contributed by atoms with Crippen molar-refractivity contribution in [3.63, 3.8) is 0 Å². The lowest BCUT2D eigenvalue weighted by molar-refractivity contribution is -0.135. The molecule has 2 aromatic carbocycles. The predicted molar refractivity (Wildman–Crippen MR) is 112 cm³/mol. The fraction of sp³-hybridized carbons (Fsp3) is 0.333. The van der Waals surface area contributed by atoms with Crippen LogP contribution in [-0.2, 0) is 21.2 Å². The SMILES string of the molecule is N[C@H]1CS(=O)(=O)c2cc(F)c(C(=O)NCCCC(F)(F)F)cc2N(Cc2ccccc2)C1=O. The summed E-state index contributed by atoms with van der Waals surface area (Å²) in [6.07, 6.45) is -5.94. The summed E-state index contributed by atoms with van der Waals surface area (Å²) in [6, 6.07) is 8.69. The minimum Gasteiger partial charge on any atom is -0.352 e. The van der Waals surface area contributed by atoms with Crippen LogP contribution in [0.5, 0.6) is 0 Å². The van der Waals surface area contributed by atoms with Crippen molar-refractivity contribution in [1.29, 1.82) is 0 Å². The van der Waals surface area contributed by atoms with Gasteiger partial charge in [0.15, 0.2) is 9.84 Å². The summed E-state index contributed by atoms with van der Waals surface area (Å²) in [6.45, 7) is -0.459. The molecule has 0 bridgehead atoms. The molecule has 0 fully saturated rings. The number of halogens is 4. The Morgan fingerprint density at radius 1 is 1.18 bits per heavy atom. The Hall–Kier alpha value is -2.99. The average Bonchev–Trinajstić information content (AvgIpc) is 2.79. The van der Waals surface area contributed by atoms with Gasteiger partial charge in [0.25, 0.3) is 5.91 Å². The second-order valence-electron chi connectivity index (χ2n) is 7.57. The van der Waals surface area contributed by atoms with Crippen LogP contribution in [-0.4, -0.2) is 44.7 Å². The third-order valence-corrected chi connectivity index (χ3v) is 6.80. The number of hydrogen-bond donors (Lipinski definition) is 2. The Morgan fingerprint density at radius 2 is 1.85 bits per heavy atom. The van der Waals surface area contributed by atoms with Crippen LogP contribution in [0.1, 0.15) is 28.8 Å². The molecular weight excluding hydrogens is 466 g/mol. The lowest BCUT2D eigenvalue weighted by Gasteiger charge is -2.24. The van der Waals surface area contributed by atoms with Crippen molar-refractivity contribution in [2.24, 2.45) is 5.73 Å². The number of carbonyl (C=O) groups excluding carboxylic acids is 2. The summed E-state index contributed by atoms with van der Waals surface area (Å²) in [7, 11) is -4.17. The quantitative estimate of drug-likeness (QED) is 0.481. The monoisotopic (exact) mass is 487 g/mol. The zero-order valence-corrected chi connectivity index (χ0v) is 18.0. The van der Waals surface area contributed by atoms with E-state index in [2.05, 4.69) is 5.32 Å². The molecule has 0 unspecified atom stereocenters. The summed E-state index contributed by atoms with van der Waals surface area (Å²) >= 11 is 0. The molecule has 7 nitrogen and oxygen atoms in total. The zero-order valence-electron chi connectivity index (χ0n) is 17.2. The first-order valence-corrected chi connectivity index (χ1v) is 11.6. The van der Waals surface area contributed by atoms with E-state index < -0.39 is 68.7 Å². The molecule has 2 aromatic rings. The number of sulfone groups is 1. The van der Waals surface area contributed by atoms with Crippen molar-refractivity contribution in [3.05, 3.63) is 59.4 Å². The smallest absolute Gasteiger partial charge is 0.352 e. The van der Waals surface area contributed by atoms with Crippen LogP contribution < -0.4 is 16.0 Å². The van der Waals surface area contributed by atoms with Crippen molar-refractivity contribution >= 4 is 27.3 Å². The molecule has 3 N–H and O–H groups in total. The van der Waals surface area contributed by atoms with Crippen LogP contribution in [0.15, 0.2) is 47.4 Å². The molecule has 0 spiro atoms. The van der Waals surface area contributed by atoms with Gasteiger partial charge in [-0.15, -0.1) is 0 Å². The maximum absolute atomic E-state index is 14.7. The average molecular weight is 487 g/mol. The highest BCUT2D eigenvalue weighted by atomic mass is 32.2. The van der Waals surface area contributed by atoms with Gasteiger partial charge in [-0.05, 0) is 24.1 Å². The lowest BCUT2D eigenvalue weighted by atomic mass is 10.1. The van der Waals surface area contributed by atoms with Crippen molar-refractivity contribution in [1.82, 2.24) is 5.32 Å². The molecule has 0 aromatic heterocycles. The van der Waals surface area contributed by atoms with E-state index in [1.54, 1.807) is 30.3 Å². The van der Waals surface area contributed by atoms with Gasteiger partial charge < -0.3 is 16.0 Å². The number of fused-ring (bicyclic) bond motifs is 1. The predicted octanol–water partition coefficient (Wildman–Crippen LogP) is 2.55. The highest BCUT2D eigenvalue weighted by Crippen LogP contribution is 2.34. The van der Waals surface area contributed by atoms with E-state index in [-0.39, 0.29) is 18.8 Å². The normalized spacial score (nSPS) is 17.9. The van der Waals surface area contributed by atoms with Gasteiger partial charge in [0.1, 0.15) is 5.82 Å². The Balaban J connectivity index is 1.99. The fourth-order valence-corrected chi connectivity index (χ4v) is 4.97. The topological polar surface area (TPSA) is 110 Å². The van der Waals surface area contributed by atoms with E-state index in [0.29, 0.717) is 11.6 Å². The molecule has 1 aliphatic rings. The maximum atomic E-state index is 14.7. The first-order chi connectivity index (χ1) is 15.4. The molecule has 33 heavy (non-hydrogen) atoms. The largest absolute Gasteiger partial charge is 0.389 e. The van der Waals surface area contributed by atoms with Crippen molar-refractivity contribution in [2.45, 2.75) is 36.5 Å². The number of benzene rings is 2. The molecule has 0 aliphatic carbocycles. The fourth-order valence-electron chi connectivity index (χ4n) is 3.41.